The van der Waals surface area contributed by atoms with Gasteiger partial charge in [0.2, 0.25) is 5.91 Å². The second-order valence-corrected chi connectivity index (χ2v) is 5.49. The number of anilines is 2. The molecule has 0 fully saturated rings. The Balaban J connectivity index is 1.51. The molecule has 0 spiro atoms. The van der Waals surface area contributed by atoms with E-state index < -0.39 is 6.10 Å². The van der Waals surface area contributed by atoms with Crippen molar-refractivity contribution in [2.24, 2.45) is 0 Å². The van der Waals surface area contributed by atoms with Crippen molar-refractivity contribution in [3.63, 3.8) is 0 Å². The maximum atomic E-state index is 12.0. The summed E-state index contributed by atoms with van der Waals surface area (Å²) in [5, 5.41) is 8.01. The van der Waals surface area contributed by atoms with Gasteiger partial charge in [0.15, 0.2) is 11.9 Å². The van der Waals surface area contributed by atoms with Crippen molar-refractivity contribution >= 4 is 29.1 Å². The van der Waals surface area contributed by atoms with Crippen LogP contribution in [0.5, 0.6) is 5.75 Å². The Morgan fingerprint density at radius 3 is 2.88 bits per heavy atom. The van der Waals surface area contributed by atoms with Crippen LogP contribution in [0.25, 0.3) is 0 Å². The van der Waals surface area contributed by atoms with E-state index >= 15 is 0 Å². The van der Waals surface area contributed by atoms with Gasteiger partial charge in [-0.15, -0.1) is 0 Å². The van der Waals surface area contributed by atoms with E-state index in [1.165, 1.54) is 6.26 Å². The molecule has 0 aliphatic carbocycles. The molecule has 8 nitrogen and oxygen atoms in total. The molecule has 1 atom stereocenters. The fourth-order valence-corrected chi connectivity index (χ4v) is 2.29. The summed E-state index contributed by atoms with van der Waals surface area (Å²) >= 11 is 0. The molecule has 3 amide bonds. The molecular weight excluding hydrogens is 326 g/mol. The van der Waals surface area contributed by atoms with Gasteiger partial charge in [-0.25, -0.2) is 0 Å². The lowest BCUT2D eigenvalue weighted by Crippen LogP contribution is -2.34. The first kappa shape index (κ1) is 16.6. The molecule has 3 rings (SSSR count). The molecule has 130 valence electrons. The number of amides is 3. The van der Waals surface area contributed by atoms with Gasteiger partial charge in [-0.05, 0) is 37.3 Å². The second-order valence-electron chi connectivity index (χ2n) is 5.49. The number of fused-ring (bicyclic) bond motifs is 1. The van der Waals surface area contributed by atoms with Crippen molar-refractivity contribution in [3.8, 4) is 5.75 Å². The predicted molar refractivity (Wildman–Crippen MR) is 89.4 cm³/mol. The summed E-state index contributed by atoms with van der Waals surface area (Å²) in [4.78, 5) is 35.3. The second kappa shape index (κ2) is 7.08. The first-order valence-electron chi connectivity index (χ1n) is 7.76. The van der Waals surface area contributed by atoms with Crippen LogP contribution in [0.3, 0.4) is 0 Å². The van der Waals surface area contributed by atoms with E-state index in [1.54, 1.807) is 37.3 Å². The molecule has 2 aromatic rings. The number of nitrogens with one attached hydrogen (secondary N) is 3. The van der Waals surface area contributed by atoms with Crippen molar-refractivity contribution in [1.29, 1.82) is 0 Å². The lowest BCUT2D eigenvalue weighted by molar-refractivity contribution is -0.122. The summed E-state index contributed by atoms with van der Waals surface area (Å²) in [5.41, 5.74) is 1.03. The number of rotatable bonds is 5. The van der Waals surface area contributed by atoms with Gasteiger partial charge in [0, 0.05) is 18.7 Å². The number of furan rings is 1. The lowest BCUT2D eigenvalue weighted by atomic mass is 10.2. The molecule has 0 bridgehead atoms. The van der Waals surface area contributed by atoms with Gasteiger partial charge < -0.3 is 25.1 Å². The van der Waals surface area contributed by atoms with E-state index in [1.807, 2.05) is 0 Å². The summed E-state index contributed by atoms with van der Waals surface area (Å²) < 4.78 is 10.4. The largest absolute Gasteiger partial charge is 0.479 e. The monoisotopic (exact) mass is 343 g/mol. The van der Waals surface area contributed by atoms with E-state index in [9.17, 15) is 14.4 Å². The van der Waals surface area contributed by atoms with Crippen LogP contribution in [0.1, 0.15) is 23.9 Å². The summed E-state index contributed by atoms with van der Waals surface area (Å²) in [7, 11) is 0. The molecule has 1 aliphatic rings. The number of hydrogen-bond donors (Lipinski definition) is 3. The van der Waals surface area contributed by atoms with Crippen LogP contribution in [0.2, 0.25) is 0 Å². The van der Waals surface area contributed by atoms with Gasteiger partial charge in [-0.2, -0.15) is 0 Å². The Morgan fingerprint density at radius 1 is 1.28 bits per heavy atom. The minimum atomic E-state index is -0.550. The van der Waals surface area contributed by atoms with Crippen molar-refractivity contribution in [1.82, 2.24) is 5.32 Å². The van der Waals surface area contributed by atoms with Crippen LogP contribution in [0.4, 0.5) is 11.4 Å². The number of ether oxygens (including phenoxy) is 1. The summed E-state index contributed by atoms with van der Waals surface area (Å²) in [6, 6.07) is 8.14. The molecule has 1 aliphatic heterocycles. The van der Waals surface area contributed by atoms with Gasteiger partial charge in [0.05, 0.1) is 12.0 Å². The third-order valence-electron chi connectivity index (χ3n) is 3.58. The van der Waals surface area contributed by atoms with E-state index in [0.29, 0.717) is 17.1 Å². The zero-order valence-electron chi connectivity index (χ0n) is 13.5. The molecule has 0 radical (unpaired) electrons. The van der Waals surface area contributed by atoms with Crippen molar-refractivity contribution in [2.75, 3.05) is 17.2 Å². The molecule has 8 heteroatoms. The van der Waals surface area contributed by atoms with Crippen LogP contribution >= 0.6 is 0 Å². The minimum Gasteiger partial charge on any atom is -0.479 e. The quantitative estimate of drug-likeness (QED) is 0.766. The fraction of sp³-hybridized carbons (Fsp3) is 0.235. The Kier molecular flexibility index (Phi) is 4.69. The highest BCUT2D eigenvalue weighted by Gasteiger charge is 2.23. The zero-order valence-corrected chi connectivity index (χ0v) is 13.5. The maximum absolute atomic E-state index is 12.0. The van der Waals surface area contributed by atoms with Crippen molar-refractivity contribution in [3.05, 3.63) is 42.4 Å². The summed E-state index contributed by atoms with van der Waals surface area (Å²) in [6.07, 6.45) is 0.954. The van der Waals surface area contributed by atoms with Crippen LogP contribution in [0, 0.1) is 0 Å². The fourth-order valence-electron chi connectivity index (χ4n) is 2.29. The normalized spacial score (nSPS) is 15.6. The van der Waals surface area contributed by atoms with Gasteiger partial charge in [-0.3, -0.25) is 14.4 Å². The Morgan fingerprint density at radius 2 is 2.12 bits per heavy atom. The standard InChI is InChI=1S/C17H17N3O5/c1-10-16(22)20-12-9-11(4-5-13(12)25-10)19-15(21)6-7-18-17(23)14-3-2-8-24-14/h2-5,8-10H,6-7H2,1H3,(H,18,23)(H,19,21)(H,20,22). The first-order chi connectivity index (χ1) is 12.0. The third kappa shape index (κ3) is 3.97. The first-order valence-corrected chi connectivity index (χ1v) is 7.76. The van der Waals surface area contributed by atoms with Crippen LogP contribution < -0.4 is 20.7 Å². The zero-order chi connectivity index (χ0) is 17.8. The summed E-state index contributed by atoms with van der Waals surface area (Å²) in [5.74, 6) is -0.135. The lowest BCUT2D eigenvalue weighted by Gasteiger charge is -2.23. The van der Waals surface area contributed by atoms with Gasteiger partial charge >= 0.3 is 0 Å². The van der Waals surface area contributed by atoms with E-state index in [4.69, 9.17) is 9.15 Å². The molecule has 1 aromatic heterocycles. The van der Waals surface area contributed by atoms with Gasteiger partial charge in [-0.1, -0.05) is 0 Å². The van der Waals surface area contributed by atoms with Gasteiger partial charge in [0.25, 0.3) is 11.8 Å². The van der Waals surface area contributed by atoms with E-state index in [2.05, 4.69) is 16.0 Å². The van der Waals surface area contributed by atoms with Crippen LogP contribution in [0.15, 0.2) is 41.0 Å². The average Bonchev–Trinajstić information content (AvgIpc) is 3.11. The Hall–Kier alpha value is -3.29. The van der Waals surface area contributed by atoms with Crippen molar-refractivity contribution < 1.29 is 23.5 Å². The molecular formula is C17H17N3O5. The molecule has 1 aromatic carbocycles. The molecule has 1 unspecified atom stereocenters. The molecule has 25 heavy (non-hydrogen) atoms. The molecule has 3 N–H and O–H groups in total. The number of hydrogen-bond acceptors (Lipinski definition) is 5. The molecule has 0 saturated carbocycles. The molecule has 2 heterocycles. The summed E-state index contributed by atoms with van der Waals surface area (Å²) in [6.45, 7) is 1.83. The third-order valence-corrected chi connectivity index (χ3v) is 3.58. The number of carbonyl (C=O) groups excluding carboxylic acids is 3. The minimum absolute atomic E-state index is 0.101. The smallest absolute Gasteiger partial charge is 0.286 e. The highest BCUT2D eigenvalue weighted by molar-refractivity contribution is 5.99. The van der Waals surface area contributed by atoms with Gasteiger partial charge in [0.1, 0.15) is 5.75 Å². The topological polar surface area (TPSA) is 110 Å². The highest BCUT2D eigenvalue weighted by atomic mass is 16.5. The average molecular weight is 343 g/mol. The Bertz CT molecular complexity index is 801. The molecule has 0 saturated heterocycles. The predicted octanol–water partition coefficient (Wildman–Crippen LogP) is 1.76. The van der Waals surface area contributed by atoms with Crippen molar-refractivity contribution in [2.45, 2.75) is 19.4 Å². The SMILES string of the molecule is CC1Oc2ccc(NC(=O)CCNC(=O)c3ccco3)cc2NC1=O. The number of benzene rings is 1. The Labute approximate surface area is 143 Å². The number of carbonyl (C=O) groups is 3. The van der Waals surface area contributed by atoms with Crippen LogP contribution in [-0.2, 0) is 9.59 Å². The van der Waals surface area contributed by atoms with E-state index in [0.717, 1.165) is 0 Å². The van der Waals surface area contributed by atoms with Crippen LogP contribution in [-0.4, -0.2) is 30.4 Å². The maximum Gasteiger partial charge on any atom is 0.286 e. The van der Waals surface area contributed by atoms with E-state index in [-0.39, 0.29) is 36.4 Å². The highest BCUT2D eigenvalue weighted by Crippen LogP contribution is 2.32.